The first-order valence-corrected chi connectivity index (χ1v) is 16.1. The maximum Gasteiger partial charge on any atom is 0.0308 e. The highest BCUT2D eigenvalue weighted by Gasteiger charge is 2.39. The Morgan fingerprint density at radius 1 is 0.581 bits per heavy atom. The summed E-state index contributed by atoms with van der Waals surface area (Å²) in [6, 6.07) is 35.0. The lowest BCUT2D eigenvalue weighted by molar-refractivity contribution is 0.475. The molecule has 0 radical (unpaired) electrons. The highest BCUT2D eigenvalue weighted by molar-refractivity contribution is 5.83. The van der Waals surface area contributed by atoms with E-state index in [-0.39, 0.29) is 16.2 Å². The van der Waals surface area contributed by atoms with Crippen molar-refractivity contribution < 1.29 is 0 Å². The van der Waals surface area contributed by atoms with E-state index in [1.165, 1.54) is 66.8 Å². The van der Waals surface area contributed by atoms with Crippen LogP contribution in [0.1, 0.15) is 112 Å². The van der Waals surface area contributed by atoms with Crippen LogP contribution in [-0.2, 0) is 16.2 Å². The lowest BCUT2D eigenvalue weighted by Crippen LogP contribution is -2.27. The number of rotatable bonds is 6. The lowest BCUT2D eigenvalue weighted by Gasteiger charge is -2.34. The maximum absolute atomic E-state index is 4.49. The number of nitrogens with zero attached hydrogens (tertiary/aromatic N) is 1. The standard InChI is InChI=1S/C42H43N/c1-8-42(9-2,31-13-12-22-43-26-31)30-18-21-35-34-20-17-29(24-38(34)41(6,7)39(35)25-30)27(3)28-16-19-33-32-14-10-11-15-36(32)40(4,5)37(33)23-28/h10-27H,8-9H2,1-7H3. The molecule has 0 saturated carbocycles. The Morgan fingerprint density at radius 3 is 1.70 bits per heavy atom. The fourth-order valence-corrected chi connectivity index (χ4v) is 8.38. The molecule has 0 fully saturated rings. The van der Waals surface area contributed by atoms with Gasteiger partial charge in [0, 0.05) is 34.6 Å². The molecular formula is C42H43N. The Kier molecular flexibility index (Phi) is 6.33. The Morgan fingerprint density at radius 2 is 1.12 bits per heavy atom. The van der Waals surface area contributed by atoms with Gasteiger partial charge >= 0.3 is 0 Å². The van der Waals surface area contributed by atoms with Crippen molar-refractivity contribution in [3.63, 3.8) is 0 Å². The number of aromatic nitrogens is 1. The number of fused-ring (bicyclic) bond motifs is 6. The van der Waals surface area contributed by atoms with E-state index in [4.69, 9.17) is 0 Å². The molecule has 2 aliphatic rings. The first-order valence-electron chi connectivity index (χ1n) is 16.1. The smallest absolute Gasteiger partial charge is 0.0308 e. The molecule has 0 bridgehead atoms. The molecule has 0 amide bonds. The Balaban J connectivity index is 1.26. The summed E-state index contributed by atoms with van der Waals surface area (Å²) in [6.07, 6.45) is 6.03. The van der Waals surface area contributed by atoms with Crippen molar-refractivity contribution >= 4 is 0 Å². The Bertz CT molecular complexity index is 1850. The summed E-state index contributed by atoms with van der Waals surface area (Å²) in [4.78, 5) is 4.49. The molecule has 0 saturated heterocycles. The minimum Gasteiger partial charge on any atom is -0.264 e. The Labute approximate surface area is 258 Å². The van der Waals surface area contributed by atoms with Crippen molar-refractivity contribution in [3.05, 3.63) is 148 Å². The molecule has 1 atom stereocenters. The second-order valence-electron chi connectivity index (χ2n) is 13.9. The average molecular weight is 562 g/mol. The summed E-state index contributed by atoms with van der Waals surface area (Å²) in [5, 5.41) is 0. The summed E-state index contributed by atoms with van der Waals surface area (Å²) in [7, 11) is 0. The third-order valence-corrected chi connectivity index (χ3v) is 11.3. The molecule has 5 aromatic rings. The molecule has 1 heterocycles. The van der Waals surface area contributed by atoms with Crippen LogP contribution in [0.4, 0.5) is 0 Å². The van der Waals surface area contributed by atoms with Gasteiger partial charge in [-0.2, -0.15) is 0 Å². The van der Waals surface area contributed by atoms with E-state index < -0.39 is 0 Å². The van der Waals surface area contributed by atoms with Crippen molar-refractivity contribution in [2.45, 2.75) is 83.5 Å². The molecule has 1 aromatic heterocycles. The minimum absolute atomic E-state index is 0.0168. The summed E-state index contributed by atoms with van der Waals surface area (Å²) < 4.78 is 0. The summed E-state index contributed by atoms with van der Waals surface area (Å²) in [5.74, 6) is 0.309. The van der Waals surface area contributed by atoms with Crippen LogP contribution in [0.25, 0.3) is 22.3 Å². The van der Waals surface area contributed by atoms with Gasteiger partial charge in [0.15, 0.2) is 0 Å². The van der Waals surface area contributed by atoms with Crippen LogP contribution in [0.15, 0.2) is 103 Å². The van der Waals surface area contributed by atoms with Gasteiger partial charge in [0.25, 0.3) is 0 Å². The lowest BCUT2D eigenvalue weighted by atomic mass is 9.69. The van der Waals surface area contributed by atoms with Gasteiger partial charge < -0.3 is 0 Å². The fraction of sp³-hybridized carbons (Fsp3) is 0.310. The third kappa shape index (κ3) is 3.93. The SMILES string of the molecule is CCC(CC)(c1cccnc1)c1ccc2c(c1)C(C)(C)c1cc(C(C)c3ccc4c(c3)C(C)(C)c3ccccc3-4)ccc1-2. The maximum atomic E-state index is 4.49. The number of pyridine rings is 1. The first kappa shape index (κ1) is 27.8. The topological polar surface area (TPSA) is 12.9 Å². The van der Waals surface area contributed by atoms with Gasteiger partial charge in [-0.3, -0.25) is 4.98 Å². The van der Waals surface area contributed by atoms with Gasteiger partial charge in [-0.15, -0.1) is 0 Å². The van der Waals surface area contributed by atoms with Crippen molar-refractivity contribution in [2.75, 3.05) is 0 Å². The van der Waals surface area contributed by atoms with Crippen LogP contribution in [0.5, 0.6) is 0 Å². The van der Waals surface area contributed by atoms with Crippen LogP contribution in [0, 0.1) is 0 Å². The van der Waals surface area contributed by atoms with Crippen molar-refractivity contribution in [1.29, 1.82) is 0 Å². The largest absolute Gasteiger partial charge is 0.264 e. The normalized spacial score (nSPS) is 16.3. The van der Waals surface area contributed by atoms with E-state index in [0.29, 0.717) is 5.92 Å². The molecule has 4 aromatic carbocycles. The number of benzene rings is 4. The zero-order valence-corrected chi connectivity index (χ0v) is 26.8. The van der Waals surface area contributed by atoms with Crippen LogP contribution in [-0.4, -0.2) is 4.98 Å². The van der Waals surface area contributed by atoms with Crippen LogP contribution >= 0.6 is 0 Å². The van der Waals surface area contributed by atoms with E-state index >= 15 is 0 Å². The zero-order valence-electron chi connectivity index (χ0n) is 26.8. The molecule has 1 nitrogen and oxygen atoms in total. The molecule has 1 unspecified atom stereocenters. The molecule has 2 aliphatic carbocycles. The molecule has 7 rings (SSSR count). The van der Waals surface area contributed by atoms with Gasteiger partial charge in [0.2, 0.25) is 0 Å². The summed E-state index contributed by atoms with van der Waals surface area (Å²) in [5.41, 5.74) is 16.7. The quantitative estimate of drug-likeness (QED) is 0.201. The van der Waals surface area contributed by atoms with Crippen molar-refractivity contribution in [3.8, 4) is 22.3 Å². The fourth-order valence-electron chi connectivity index (χ4n) is 8.38. The van der Waals surface area contributed by atoms with Crippen molar-refractivity contribution in [2.24, 2.45) is 0 Å². The molecule has 0 spiro atoms. The highest BCUT2D eigenvalue weighted by atomic mass is 14.6. The molecule has 1 heteroatoms. The summed E-state index contributed by atoms with van der Waals surface area (Å²) in [6.45, 7) is 16.6. The molecule has 43 heavy (non-hydrogen) atoms. The van der Waals surface area contributed by atoms with E-state index in [1.54, 1.807) is 0 Å². The van der Waals surface area contributed by atoms with Gasteiger partial charge in [0.1, 0.15) is 0 Å². The predicted octanol–water partition coefficient (Wildman–Crippen LogP) is 11.0. The molecule has 216 valence electrons. The number of hydrogen-bond acceptors (Lipinski definition) is 1. The molecular weight excluding hydrogens is 518 g/mol. The van der Waals surface area contributed by atoms with E-state index in [9.17, 15) is 0 Å². The first-order chi connectivity index (χ1) is 20.6. The zero-order chi connectivity index (χ0) is 30.1. The van der Waals surface area contributed by atoms with E-state index in [0.717, 1.165) is 12.8 Å². The van der Waals surface area contributed by atoms with Gasteiger partial charge in [0.05, 0.1) is 0 Å². The van der Waals surface area contributed by atoms with Gasteiger partial charge in [-0.25, -0.2) is 0 Å². The number of hydrogen-bond donors (Lipinski definition) is 0. The minimum atomic E-state index is -0.0693. The monoisotopic (exact) mass is 561 g/mol. The van der Waals surface area contributed by atoms with Gasteiger partial charge in [-0.05, 0) is 85.7 Å². The molecule has 0 aliphatic heterocycles. The van der Waals surface area contributed by atoms with Crippen LogP contribution in [0.2, 0.25) is 0 Å². The predicted molar refractivity (Wildman–Crippen MR) is 181 cm³/mol. The van der Waals surface area contributed by atoms with Crippen LogP contribution < -0.4 is 0 Å². The van der Waals surface area contributed by atoms with Crippen LogP contribution in [0.3, 0.4) is 0 Å². The van der Waals surface area contributed by atoms with E-state index in [1.807, 2.05) is 6.20 Å². The second-order valence-corrected chi connectivity index (χ2v) is 13.9. The average Bonchev–Trinajstić information content (AvgIpc) is 3.41. The van der Waals surface area contributed by atoms with Gasteiger partial charge in [-0.1, -0.05) is 133 Å². The summed E-state index contributed by atoms with van der Waals surface area (Å²) >= 11 is 0. The molecule has 0 N–H and O–H groups in total. The highest BCUT2D eigenvalue weighted by Crippen LogP contribution is 2.53. The third-order valence-electron chi connectivity index (χ3n) is 11.3. The van der Waals surface area contributed by atoms with E-state index in [2.05, 4.69) is 151 Å². The Hall–Kier alpha value is -3.97. The van der Waals surface area contributed by atoms with Crippen molar-refractivity contribution in [1.82, 2.24) is 4.98 Å². The second kappa shape index (κ2) is 9.78.